The maximum atomic E-state index is 12.3. The topological polar surface area (TPSA) is 98.5 Å². The fourth-order valence-electron chi connectivity index (χ4n) is 1.97. The van der Waals surface area contributed by atoms with Crippen molar-refractivity contribution in [1.82, 2.24) is 5.32 Å². The average Bonchev–Trinajstić information content (AvgIpc) is 2.36. The van der Waals surface area contributed by atoms with E-state index < -0.39 is 15.9 Å². The summed E-state index contributed by atoms with van der Waals surface area (Å²) in [5, 5.41) is 7.98. The highest BCUT2D eigenvalue weighted by molar-refractivity contribution is 7.89. The molecule has 1 unspecified atom stereocenters. The van der Waals surface area contributed by atoms with Crippen LogP contribution in [0.2, 0.25) is 5.02 Å². The Morgan fingerprint density at radius 2 is 2.10 bits per heavy atom. The van der Waals surface area contributed by atoms with Crippen molar-refractivity contribution in [3.63, 3.8) is 0 Å². The number of sulfonamides is 1. The summed E-state index contributed by atoms with van der Waals surface area (Å²) < 4.78 is 28.2. The van der Waals surface area contributed by atoms with Crippen LogP contribution in [-0.4, -0.2) is 27.5 Å². The number of ether oxygens (including phenoxy) is 1. The largest absolute Gasteiger partial charge is 0.494 e. The lowest BCUT2D eigenvalue weighted by molar-refractivity contribution is 0.0935. The average molecular weight is 335 g/mol. The second kappa shape index (κ2) is 7.11. The van der Waals surface area contributed by atoms with Crippen LogP contribution in [0.4, 0.5) is 0 Å². The Labute approximate surface area is 129 Å². The summed E-state index contributed by atoms with van der Waals surface area (Å²) in [7, 11) is -2.78. The maximum absolute atomic E-state index is 12.3. The molecule has 0 bridgehead atoms. The third-order valence-electron chi connectivity index (χ3n) is 2.87. The van der Waals surface area contributed by atoms with Crippen LogP contribution in [0.5, 0.6) is 5.75 Å². The van der Waals surface area contributed by atoms with Crippen molar-refractivity contribution in [2.24, 2.45) is 5.14 Å². The maximum Gasteiger partial charge on any atom is 0.255 e. The van der Waals surface area contributed by atoms with Crippen molar-refractivity contribution in [2.45, 2.75) is 37.6 Å². The molecule has 8 heteroatoms. The Balaban J connectivity index is 3.30. The molecule has 6 nitrogen and oxygen atoms in total. The lowest BCUT2D eigenvalue weighted by atomic mass is 10.1. The smallest absolute Gasteiger partial charge is 0.255 e. The van der Waals surface area contributed by atoms with E-state index in [0.717, 1.165) is 18.9 Å². The fraction of sp³-hybridized carbons (Fsp3) is 0.462. The van der Waals surface area contributed by atoms with Gasteiger partial charge in [0, 0.05) is 11.1 Å². The SMILES string of the molecule is CCCC(C)NC(=O)c1cc(Cl)cc(S(N)(=O)=O)c1OC. The van der Waals surface area contributed by atoms with E-state index in [1.165, 1.54) is 13.2 Å². The van der Waals surface area contributed by atoms with E-state index in [2.05, 4.69) is 5.32 Å². The monoisotopic (exact) mass is 334 g/mol. The van der Waals surface area contributed by atoms with Crippen molar-refractivity contribution < 1.29 is 17.9 Å². The molecule has 1 aromatic rings. The van der Waals surface area contributed by atoms with Crippen LogP contribution in [0.15, 0.2) is 17.0 Å². The lowest BCUT2D eigenvalue weighted by Gasteiger charge is -2.16. The van der Waals surface area contributed by atoms with E-state index in [1.54, 1.807) is 0 Å². The third-order valence-corrected chi connectivity index (χ3v) is 4.01. The molecule has 0 saturated heterocycles. The van der Waals surface area contributed by atoms with E-state index in [9.17, 15) is 13.2 Å². The van der Waals surface area contributed by atoms with Crippen LogP contribution in [0.1, 0.15) is 37.0 Å². The summed E-state index contributed by atoms with van der Waals surface area (Å²) in [6.07, 6.45) is 1.72. The highest BCUT2D eigenvalue weighted by Crippen LogP contribution is 2.31. The Hall–Kier alpha value is -1.31. The van der Waals surface area contributed by atoms with Gasteiger partial charge in [0.15, 0.2) is 5.75 Å². The van der Waals surface area contributed by atoms with Gasteiger partial charge in [0.2, 0.25) is 10.0 Å². The van der Waals surface area contributed by atoms with Gasteiger partial charge in [-0.15, -0.1) is 0 Å². The molecule has 118 valence electrons. The number of methoxy groups -OCH3 is 1. The normalized spacial score (nSPS) is 12.8. The molecule has 0 fully saturated rings. The molecule has 1 rings (SSSR count). The van der Waals surface area contributed by atoms with Gasteiger partial charge in [-0.25, -0.2) is 13.6 Å². The minimum atomic E-state index is -4.05. The van der Waals surface area contributed by atoms with Gasteiger partial charge in [0.25, 0.3) is 5.91 Å². The minimum Gasteiger partial charge on any atom is -0.494 e. The van der Waals surface area contributed by atoms with Gasteiger partial charge in [0.05, 0.1) is 12.7 Å². The van der Waals surface area contributed by atoms with Crippen LogP contribution < -0.4 is 15.2 Å². The third kappa shape index (κ3) is 4.59. The molecule has 21 heavy (non-hydrogen) atoms. The standard InChI is InChI=1S/C13H19ClN2O4S/c1-4-5-8(2)16-13(17)10-6-9(14)7-11(12(10)20-3)21(15,18)19/h6-8H,4-5H2,1-3H3,(H,16,17)(H2,15,18,19). The number of amides is 1. The van der Waals surface area contributed by atoms with Gasteiger partial charge in [0.1, 0.15) is 4.90 Å². The van der Waals surface area contributed by atoms with Crippen molar-refractivity contribution >= 4 is 27.5 Å². The summed E-state index contributed by atoms with van der Waals surface area (Å²) in [4.78, 5) is 11.9. The second-order valence-electron chi connectivity index (χ2n) is 4.69. The van der Waals surface area contributed by atoms with Gasteiger partial charge in [-0.05, 0) is 25.5 Å². The molecular weight excluding hydrogens is 316 g/mol. The van der Waals surface area contributed by atoms with Crippen LogP contribution in [-0.2, 0) is 10.0 Å². The quantitative estimate of drug-likeness (QED) is 0.830. The zero-order chi connectivity index (χ0) is 16.2. The van der Waals surface area contributed by atoms with E-state index in [-0.39, 0.29) is 27.3 Å². The molecule has 0 aliphatic rings. The van der Waals surface area contributed by atoms with Gasteiger partial charge in [-0.1, -0.05) is 24.9 Å². The highest BCUT2D eigenvalue weighted by Gasteiger charge is 2.24. The Kier molecular flexibility index (Phi) is 6.00. The number of hydrogen-bond donors (Lipinski definition) is 2. The molecule has 1 atom stereocenters. The molecule has 1 aromatic carbocycles. The molecule has 1 amide bonds. The molecule has 0 spiro atoms. The zero-order valence-corrected chi connectivity index (χ0v) is 13.7. The van der Waals surface area contributed by atoms with Crippen LogP contribution in [0, 0.1) is 0 Å². The van der Waals surface area contributed by atoms with Crippen LogP contribution in [0.25, 0.3) is 0 Å². The molecule has 3 N–H and O–H groups in total. The number of nitrogens with two attached hydrogens (primary N) is 1. The van der Waals surface area contributed by atoms with Gasteiger partial charge < -0.3 is 10.1 Å². The number of halogens is 1. The number of hydrogen-bond acceptors (Lipinski definition) is 4. The lowest BCUT2D eigenvalue weighted by Crippen LogP contribution is -2.33. The minimum absolute atomic E-state index is 0.0389. The number of nitrogens with one attached hydrogen (secondary N) is 1. The first-order valence-corrected chi connectivity index (χ1v) is 8.34. The second-order valence-corrected chi connectivity index (χ2v) is 6.66. The van der Waals surface area contributed by atoms with Crippen molar-refractivity contribution in [3.05, 3.63) is 22.7 Å². The fourth-order valence-corrected chi connectivity index (χ4v) is 2.99. The highest BCUT2D eigenvalue weighted by atomic mass is 35.5. The number of primary sulfonamides is 1. The Bertz CT molecular complexity index is 631. The molecule has 0 heterocycles. The summed E-state index contributed by atoms with van der Waals surface area (Å²) in [5.41, 5.74) is 0.0389. The molecule has 0 saturated carbocycles. The number of carbonyl (C=O) groups is 1. The first-order valence-electron chi connectivity index (χ1n) is 6.41. The Morgan fingerprint density at radius 1 is 1.48 bits per heavy atom. The molecule has 0 aromatic heterocycles. The van der Waals surface area contributed by atoms with E-state index in [4.69, 9.17) is 21.5 Å². The molecule has 0 aliphatic heterocycles. The molecular formula is C13H19ClN2O4S. The molecule has 0 aliphatic carbocycles. The summed E-state index contributed by atoms with van der Waals surface area (Å²) in [6.45, 7) is 3.86. The van der Waals surface area contributed by atoms with Crippen molar-refractivity contribution in [3.8, 4) is 5.75 Å². The summed E-state index contributed by atoms with van der Waals surface area (Å²) in [5.74, 6) is -0.566. The van der Waals surface area contributed by atoms with Gasteiger partial charge >= 0.3 is 0 Å². The van der Waals surface area contributed by atoms with Gasteiger partial charge in [-0.2, -0.15) is 0 Å². The number of carbonyl (C=O) groups excluding carboxylic acids is 1. The number of benzene rings is 1. The van der Waals surface area contributed by atoms with Crippen LogP contribution in [0.3, 0.4) is 0 Å². The van der Waals surface area contributed by atoms with E-state index in [1.807, 2.05) is 13.8 Å². The van der Waals surface area contributed by atoms with E-state index >= 15 is 0 Å². The van der Waals surface area contributed by atoms with Crippen molar-refractivity contribution in [1.29, 1.82) is 0 Å². The zero-order valence-electron chi connectivity index (χ0n) is 12.1. The predicted molar refractivity (Wildman–Crippen MR) is 81.2 cm³/mol. The number of rotatable bonds is 6. The summed E-state index contributed by atoms with van der Waals surface area (Å²) >= 11 is 5.87. The first-order chi connectivity index (χ1) is 9.70. The molecule has 0 radical (unpaired) electrons. The van der Waals surface area contributed by atoms with E-state index in [0.29, 0.717) is 0 Å². The summed E-state index contributed by atoms with van der Waals surface area (Å²) in [6, 6.07) is 2.45. The van der Waals surface area contributed by atoms with Crippen molar-refractivity contribution in [2.75, 3.05) is 7.11 Å². The predicted octanol–water partition coefficient (Wildman–Crippen LogP) is 1.91. The van der Waals surface area contributed by atoms with Gasteiger partial charge in [-0.3, -0.25) is 4.79 Å². The van der Waals surface area contributed by atoms with Crippen LogP contribution >= 0.6 is 11.6 Å². The first kappa shape index (κ1) is 17.7. The Morgan fingerprint density at radius 3 is 2.57 bits per heavy atom.